The average Bonchev–Trinajstić information content (AvgIpc) is 3.63. The van der Waals surface area contributed by atoms with Crippen molar-refractivity contribution in [3.63, 3.8) is 0 Å². The van der Waals surface area contributed by atoms with Crippen LogP contribution in [0.2, 0.25) is 5.02 Å². The molecule has 3 aromatic heterocycles. The zero-order valence-corrected chi connectivity index (χ0v) is 25.4. The first-order valence-electron chi connectivity index (χ1n) is 14.9. The second kappa shape index (κ2) is 12.9. The predicted molar refractivity (Wildman–Crippen MR) is 163 cm³/mol. The lowest BCUT2D eigenvalue weighted by Gasteiger charge is -2.42. The zero-order valence-electron chi connectivity index (χ0n) is 24.7. The Bertz CT molecular complexity index is 1480. The number of ether oxygens (including phenoxy) is 2. The van der Waals surface area contributed by atoms with Crippen LogP contribution < -0.4 is 10.1 Å². The van der Waals surface area contributed by atoms with Gasteiger partial charge in [-0.05, 0) is 64.2 Å². The van der Waals surface area contributed by atoms with Gasteiger partial charge in [-0.15, -0.1) is 5.10 Å². The normalized spacial score (nSPS) is 23.6. The van der Waals surface area contributed by atoms with Crippen LogP contribution in [0.4, 0.5) is 11.6 Å². The molecule has 228 valence electrons. The second-order valence-corrected chi connectivity index (χ2v) is 12.0. The molecule has 12 nitrogen and oxygen atoms in total. The van der Waals surface area contributed by atoms with E-state index in [9.17, 15) is 5.11 Å². The lowest BCUT2D eigenvalue weighted by molar-refractivity contribution is -0.0852. The van der Waals surface area contributed by atoms with Gasteiger partial charge in [0.1, 0.15) is 30.2 Å². The van der Waals surface area contributed by atoms with Gasteiger partial charge in [0, 0.05) is 37.1 Å². The standard InChI is InChI=1S/C30H38ClN9O3/c1-19-13-38(14-20(2)42-19)24-5-7-25(8-6-24)40-16-27(29(41)37-40)36-30-33-11-23(12-34-30)22-4-9-26(31)28(10-22)43-21(3)15-39-18-32-17-35-39/h4,9-12,16-21,24-25H,5-8,13-15H2,1-3H3,(H,37,41)(H,33,34,36)/t19-,20+,21-,24?,25?/m0/s1. The Balaban J connectivity index is 1.06. The fourth-order valence-electron chi connectivity index (χ4n) is 6.14. The minimum atomic E-state index is -0.168. The number of aromatic hydroxyl groups is 1. The zero-order chi connectivity index (χ0) is 29.9. The molecule has 43 heavy (non-hydrogen) atoms. The molecule has 0 amide bonds. The topological polar surface area (TPSA) is 128 Å². The summed E-state index contributed by atoms with van der Waals surface area (Å²) in [6, 6.07) is 6.38. The molecule has 4 aromatic rings. The highest BCUT2D eigenvalue weighted by Gasteiger charge is 2.32. The highest BCUT2D eigenvalue weighted by atomic mass is 35.5. The van der Waals surface area contributed by atoms with Crippen molar-refractivity contribution in [1.29, 1.82) is 0 Å². The number of hydrogen-bond donors (Lipinski definition) is 2. The van der Waals surface area contributed by atoms with Crippen LogP contribution in [-0.4, -0.2) is 82.0 Å². The van der Waals surface area contributed by atoms with Crippen LogP contribution in [0.15, 0.2) is 49.4 Å². The third kappa shape index (κ3) is 7.09. The lowest BCUT2D eigenvalue weighted by Crippen LogP contribution is -2.51. The van der Waals surface area contributed by atoms with Crippen LogP contribution in [0.3, 0.4) is 0 Å². The van der Waals surface area contributed by atoms with E-state index in [2.05, 4.69) is 49.2 Å². The van der Waals surface area contributed by atoms with E-state index >= 15 is 0 Å². The Labute approximate surface area is 256 Å². The summed E-state index contributed by atoms with van der Waals surface area (Å²) in [6.07, 6.45) is 13.1. The van der Waals surface area contributed by atoms with Crippen LogP contribution in [0.25, 0.3) is 11.1 Å². The predicted octanol–water partition coefficient (Wildman–Crippen LogP) is 5.09. The maximum absolute atomic E-state index is 10.6. The molecule has 13 heteroatoms. The van der Waals surface area contributed by atoms with Gasteiger partial charge in [-0.1, -0.05) is 17.7 Å². The number of halogens is 1. The third-order valence-electron chi connectivity index (χ3n) is 8.12. The highest BCUT2D eigenvalue weighted by molar-refractivity contribution is 6.32. The largest absolute Gasteiger partial charge is 0.491 e. The highest BCUT2D eigenvalue weighted by Crippen LogP contribution is 2.35. The Kier molecular flexibility index (Phi) is 8.78. The minimum absolute atomic E-state index is 0.0647. The van der Waals surface area contributed by atoms with Crippen molar-refractivity contribution >= 4 is 23.2 Å². The van der Waals surface area contributed by atoms with Crippen LogP contribution in [0.5, 0.6) is 11.6 Å². The van der Waals surface area contributed by atoms with Crippen LogP contribution >= 0.6 is 11.6 Å². The molecule has 1 saturated heterocycles. The van der Waals surface area contributed by atoms with Crippen molar-refractivity contribution in [2.24, 2.45) is 0 Å². The summed E-state index contributed by atoms with van der Waals surface area (Å²) >= 11 is 6.41. The van der Waals surface area contributed by atoms with E-state index in [-0.39, 0.29) is 30.2 Å². The van der Waals surface area contributed by atoms with Gasteiger partial charge in [0.15, 0.2) is 0 Å². The molecule has 4 heterocycles. The first-order valence-corrected chi connectivity index (χ1v) is 15.2. The van der Waals surface area contributed by atoms with Crippen molar-refractivity contribution < 1.29 is 14.6 Å². The van der Waals surface area contributed by atoms with E-state index < -0.39 is 0 Å². The fourth-order valence-corrected chi connectivity index (χ4v) is 6.30. The molecular weight excluding hydrogens is 570 g/mol. The van der Waals surface area contributed by atoms with Gasteiger partial charge in [0.05, 0.1) is 36.0 Å². The number of aromatic nitrogens is 7. The van der Waals surface area contributed by atoms with Crippen molar-refractivity contribution in [3.8, 4) is 22.8 Å². The first kappa shape index (κ1) is 29.3. The van der Waals surface area contributed by atoms with Crippen molar-refractivity contribution in [3.05, 3.63) is 54.5 Å². The number of rotatable bonds is 9. The summed E-state index contributed by atoms with van der Waals surface area (Å²) in [7, 11) is 0. The number of benzene rings is 1. The Morgan fingerprint density at radius 2 is 1.79 bits per heavy atom. The van der Waals surface area contributed by atoms with E-state index in [1.807, 2.05) is 29.9 Å². The Morgan fingerprint density at radius 3 is 2.49 bits per heavy atom. The second-order valence-electron chi connectivity index (χ2n) is 11.6. The molecule has 2 N–H and O–H groups in total. The van der Waals surface area contributed by atoms with Gasteiger partial charge in [-0.3, -0.25) is 9.58 Å². The Morgan fingerprint density at radius 1 is 1.07 bits per heavy atom. The van der Waals surface area contributed by atoms with Crippen molar-refractivity contribution in [2.45, 2.75) is 83.4 Å². The summed E-state index contributed by atoms with van der Waals surface area (Å²) in [6.45, 7) is 8.78. The fraction of sp³-hybridized carbons (Fsp3) is 0.500. The molecule has 0 spiro atoms. The van der Waals surface area contributed by atoms with Gasteiger partial charge in [-0.2, -0.15) is 5.10 Å². The summed E-state index contributed by atoms with van der Waals surface area (Å²) in [5, 5.41) is 22.7. The first-order chi connectivity index (χ1) is 20.8. The average molecular weight is 608 g/mol. The lowest BCUT2D eigenvalue weighted by atomic mass is 9.89. The van der Waals surface area contributed by atoms with E-state index in [1.54, 1.807) is 29.5 Å². The van der Waals surface area contributed by atoms with Crippen LogP contribution in [0.1, 0.15) is 52.5 Å². The van der Waals surface area contributed by atoms with Gasteiger partial charge in [0.2, 0.25) is 5.95 Å². The monoisotopic (exact) mass is 607 g/mol. The van der Waals surface area contributed by atoms with Gasteiger partial charge < -0.3 is 19.9 Å². The van der Waals surface area contributed by atoms with Crippen molar-refractivity contribution in [2.75, 3.05) is 18.4 Å². The molecule has 1 saturated carbocycles. The summed E-state index contributed by atoms with van der Waals surface area (Å²) in [5.74, 6) is 0.865. The smallest absolute Gasteiger partial charge is 0.254 e. The number of hydrogen-bond acceptors (Lipinski definition) is 10. The molecule has 1 aliphatic heterocycles. The number of anilines is 2. The van der Waals surface area contributed by atoms with E-state index in [0.717, 1.165) is 49.9 Å². The maximum atomic E-state index is 10.6. The third-order valence-corrected chi connectivity index (χ3v) is 8.43. The Hall–Kier alpha value is -3.74. The van der Waals surface area contributed by atoms with E-state index in [0.29, 0.717) is 35.0 Å². The quantitative estimate of drug-likeness (QED) is 0.265. The maximum Gasteiger partial charge on any atom is 0.254 e. The summed E-state index contributed by atoms with van der Waals surface area (Å²) in [5.41, 5.74) is 2.15. The van der Waals surface area contributed by atoms with Crippen LogP contribution in [-0.2, 0) is 11.3 Å². The van der Waals surface area contributed by atoms with Crippen LogP contribution in [0, 0.1) is 0 Å². The summed E-state index contributed by atoms with van der Waals surface area (Å²) < 4.78 is 15.6. The molecule has 1 aliphatic carbocycles. The van der Waals surface area contributed by atoms with E-state index in [1.165, 1.54) is 6.33 Å². The van der Waals surface area contributed by atoms with Gasteiger partial charge in [-0.25, -0.2) is 19.6 Å². The molecule has 2 aliphatic rings. The number of nitrogens with one attached hydrogen (secondary N) is 1. The molecule has 1 aromatic carbocycles. The molecule has 0 radical (unpaired) electrons. The summed E-state index contributed by atoms with van der Waals surface area (Å²) in [4.78, 5) is 15.5. The SMILES string of the molecule is C[C@@H]1CN(C2CCC(n3cc(Nc4ncc(-c5ccc(Cl)c(O[C@@H](C)Cn6cncn6)c5)cn4)c(O)n3)CC2)C[C@H](C)O1. The van der Waals surface area contributed by atoms with Gasteiger partial charge >= 0.3 is 0 Å². The molecule has 3 atom stereocenters. The molecule has 0 bridgehead atoms. The minimum Gasteiger partial charge on any atom is -0.491 e. The molecular formula is C30H38ClN9O3. The van der Waals surface area contributed by atoms with Crippen molar-refractivity contribution in [1.82, 2.24) is 39.4 Å². The molecule has 2 fully saturated rings. The van der Waals surface area contributed by atoms with E-state index in [4.69, 9.17) is 21.1 Å². The van der Waals surface area contributed by atoms with Gasteiger partial charge in [0.25, 0.3) is 5.88 Å². The number of morpholine rings is 1. The molecule has 0 unspecified atom stereocenters. The molecule has 6 rings (SSSR count). The number of nitrogens with zero attached hydrogens (tertiary/aromatic N) is 8.